The molecule has 0 unspecified atom stereocenters. The Hall–Kier alpha value is -0.0800. The Bertz CT molecular complexity index is 187. The molecule has 0 saturated heterocycles. The Morgan fingerprint density at radius 3 is 2.40 bits per heavy atom. The number of hydrogen-bond acceptors (Lipinski definition) is 2. The Morgan fingerprint density at radius 1 is 1.27 bits per heavy atom. The van der Waals surface area contributed by atoms with Crippen molar-refractivity contribution in [2.45, 2.75) is 46.1 Å². The molecule has 90 valence electrons. The molecule has 0 aliphatic heterocycles. The SMILES string of the molecule is C[C@H]1CC[C@H](NCC(C)(C)CN(C)C)C1. The maximum Gasteiger partial charge on any atom is 0.00699 e. The first-order valence-electron chi connectivity index (χ1n) is 6.27. The second-order valence-electron chi connectivity index (χ2n) is 6.40. The minimum Gasteiger partial charge on any atom is -0.313 e. The lowest BCUT2D eigenvalue weighted by molar-refractivity contribution is 0.225. The van der Waals surface area contributed by atoms with E-state index in [0.717, 1.165) is 25.0 Å². The van der Waals surface area contributed by atoms with E-state index >= 15 is 0 Å². The quantitative estimate of drug-likeness (QED) is 0.752. The molecule has 1 fully saturated rings. The molecule has 0 heterocycles. The minimum absolute atomic E-state index is 0.384. The molecule has 2 nitrogen and oxygen atoms in total. The highest BCUT2D eigenvalue weighted by molar-refractivity contribution is 4.82. The van der Waals surface area contributed by atoms with E-state index in [9.17, 15) is 0 Å². The van der Waals surface area contributed by atoms with Crippen molar-refractivity contribution >= 4 is 0 Å². The molecule has 1 saturated carbocycles. The molecule has 2 heteroatoms. The molecule has 1 rings (SSSR count). The molecule has 0 aromatic carbocycles. The Kier molecular flexibility index (Phi) is 4.60. The van der Waals surface area contributed by atoms with Crippen LogP contribution in [0.1, 0.15) is 40.0 Å². The molecular formula is C13H28N2. The molecule has 1 N–H and O–H groups in total. The average molecular weight is 212 g/mol. The fourth-order valence-electron chi connectivity index (χ4n) is 2.73. The zero-order chi connectivity index (χ0) is 11.5. The van der Waals surface area contributed by atoms with Crippen molar-refractivity contribution in [3.8, 4) is 0 Å². The van der Waals surface area contributed by atoms with E-state index in [-0.39, 0.29) is 0 Å². The first kappa shape index (κ1) is 13.0. The van der Waals surface area contributed by atoms with E-state index in [4.69, 9.17) is 0 Å². The largest absolute Gasteiger partial charge is 0.313 e. The molecular weight excluding hydrogens is 184 g/mol. The van der Waals surface area contributed by atoms with Gasteiger partial charge >= 0.3 is 0 Å². The van der Waals surface area contributed by atoms with Gasteiger partial charge in [0.05, 0.1) is 0 Å². The van der Waals surface area contributed by atoms with Gasteiger partial charge in [0.2, 0.25) is 0 Å². The van der Waals surface area contributed by atoms with Crippen molar-refractivity contribution in [1.29, 1.82) is 0 Å². The third-order valence-corrected chi connectivity index (χ3v) is 3.31. The van der Waals surface area contributed by atoms with Crippen molar-refractivity contribution in [3.05, 3.63) is 0 Å². The van der Waals surface area contributed by atoms with E-state index in [1.54, 1.807) is 0 Å². The van der Waals surface area contributed by atoms with Crippen LogP contribution in [0.15, 0.2) is 0 Å². The summed E-state index contributed by atoms with van der Waals surface area (Å²) in [6.07, 6.45) is 4.16. The third kappa shape index (κ3) is 4.98. The van der Waals surface area contributed by atoms with E-state index in [1.165, 1.54) is 19.3 Å². The maximum absolute atomic E-state index is 3.73. The van der Waals surface area contributed by atoms with Crippen LogP contribution in [0.4, 0.5) is 0 Å². The van der Waals surface area contributed by atoms with Crippen molar-refractivity contribution in [3.63, 3.8) is 0 Å². The normalized spacial score (nSPS) is 27.6. The van der Waals surface area contributed by atoms with Gasteiger partial charge in [-0.2, -0.15) is 0 Å². The van der Waals surface area contributed by atoms with Gasteiger partial charge in [-0.15, -0.1) is 0 Å². The molecule has 0 aromatic heterocycles. The minimum atomic E-state index is 0.384. The van der Waals surface area contributed by atoms with Crippen LogP contribution in [0, 0.1) is 11.3 Å². The van der Waals surface area contributed by atoms with E-state index in [1.807, 2.05) is 0 Å². The van der Waals surface area contributed by atoms with Gasteiger partial charge < -0.3 is 10.2 Å². The maximum atomic E-state index is 3.73. The van der Waals surface area contributed by atoms with Crippen LogP contribution in [0.5, 0.6) is 0 Å². The van der Waals surface area contributed by atoms with Gasteiger partial charge in [-0.05, 0) is 44.7 Å². The molecule has 0 spiro atoms. The van der Waals surface area contributed by atoms with E-state index in [0.29, 0.717) is 5.41 Å². The second kappa shape index (κ2) is 5.31. The highest BCUT2D eigenvalue weighted by Crippen LogP contribution is 2.25. The van der Waals surface area contributed by atoms with Gasteiger partial charge in [-0.3, -0.25) is 0 Å². The molecule has 0 radical (unpaired) electrons. The molecule has 1 aliphatic carbocycles. The molecule has 1 aliphatic rings. The summed E-state index contributed by atoms with van der Waals surface area (Å²) < 4.78 is 0. The fraction of sp³-hybridized carbons (Fsp3) is 1.00. The summed E-state index contributed by atoms with van der Waals surface area (Å²) in [5.74, 6) is 0.930. The number of rotatable bonds is 5. The molecule has 15 heavy (non-hydrogen) atoms. The molecule has 0 bridgehead atoms. The van der Waals surface area contributed by atoms with Crippen LogP contribution in [0.3, 0.4) is 0 Å². The highest BCUT2D eigenvalue weighted by Gasteiger charge is 2.24. The third-order valence-electron chi connectivity index (χ3n) is 3.31. The zero-order valence-corrected chi connectivity index (χ0v) is 11.1. The van der Waals surface area contributed by atoms with Crippen LogP contribution in [-0.4, -0.2) is 38.1 Å². The number of nitrogens with one attached hydrogen (secondary N) is 1. The van der Waals surface area contributed by atoms with Gasteiger partial charge in [0, 0.05) is 19.1 Å². The van der Waals surface area contributed by atoms with Crippen molar-refractivity contribution in [1.82, 2.24) is 10.2 Å². The van der Waals surface area contributed by atoms with Crippen LogP contribution < -0.4 is 5.32 Å². The first-order valence-corrected chi connectivity index (χ1v) is 6.27. The van der Waals surface area contributed by atoms with Crippen LogP contribution >= 0.6 is 0 Å². The lowest BCUT2D eigenvalue weighted by atomic mass is 9.92. The Labute approximate surface area is 95.4 Å². The summed E-state index contributed by atoms with van der Waals surface area (Å²) in [6, 6.07) is 0.779. The molecule has 2 atom stereocenters. The summed E-state index contributed by atoms with van der Waals surface area (Å²) in [6.45, 7) is 9.36. The summed E-state index contributed by atoms with van der Waals surface area (Å²) >= 11 is 0. The Balaban J connectivity index is 2.23. The van der Waals surface area contributed by atoms with Crippen molar-refractivity contribution < 1.29 is 0 Å². The predicted molar refractivity (Wildman–Crippen MR) is 67.1 cm³/mol. The standard InChI is InChI=1S/C13H28N2/c1-11-6-7-12(8-11)14-9-13(2,3)10-15(4)5/h11-12,14H,6-10H2,1-5H3/t11-,12-/m0/s1. The van der Waals surface area contributed by atoms with Gasteiger partial charge in [0.15, 0.2) is 0 Å². The molecule has 0 amide bonds. The summed E-state index contributed by atoms with van der Waals surface area (Å²) in [5.41, 5.74) is 0.384. The fourth-order valence-corrected chi connectivity index (χ4v) is 2.73. The van der Waals surface area contributed by atoms with Crippen LogP contribution in [0.25, 0.3) is 0 Å². The van der Waals surface area contributed by atoms with Crippen LogP contribution in [-0.2, 0) is 0 Å². The monoisotopic (exact) mass is 212 g/mol. The van der Waals surface area contributed by atoms with Crippen molar-refractivity contribution in [2.75, 3.05) is 27.2 Å². The zero-order valence-electron chi connectivity index (χ0n) is 11.1. The van der Waals surface area contributed by atoms with Gasteiger partial charge in [-0.25, -0.2) is 0 Å². The Morgan fingerprint density at radius 2 is 1.93 bits per heavy atom. The first-order chi connectivity index (χ1) is 6.89. The number of hydrogen-bond donors (Lipinski definition) is 1. The van der Waals surface area contributed by atoms with E-state index in [2.05, 4.69) is 45.1 Å². The van der Waals surface area contributed by atoms with E-state index < -0.39 is 0 Å². The smallest absolute Gasteiger partial charge is 0.00699 e. The van der Waals surface area contributed by atoms with Gasteiger partial charge in [-0.1, -0.05) is 20.8 Å². The van der Waals surface area contributed by atoms with Crippen LogP contribution in [0.2, 0.25) is 0 Å². The highest BCUT2D eigenvalue weighted by atomic mass is 15.1. The average Bonchev–Trinajstić information content (AvgIpc) is 2.46. The van der Waals surface area contributed by atoms with Gasteiger partial charge in [0.1, 0.15) is 0 Å². The number of nitrogens with zero attached hydrogens (tertiary/aromatic N) is 1. The van der Waals surface area contributed by atoms with Crippen molar-refractivity contribution in [2.24, 2.45) is 11.3 Å². The summed E-state index contributed by atoms with van der Waals surface area (Å²) in [7, 11) is 4.30. The van der Waals surface area contributed by atoms with Gasteiger partial charge in [0.25, 0.3) is 0 Å². The summed E-state index contributed by atoms with van der Waals surface area (Å²) in [4.78, 5) is 2.28. The molecule has 0 aromatic rings. The summed E-state index contributed by atoms with van der Waals surface area (Å²) in [5, 5.41) is 3.73. The topological polar surface area (TPSA) is 15.3 Å². The second-order valence-corrected chi connectivity index (χ2v) is 6.40. The lowest BCUT2D eigenvalue weighted by Crippen LogP contribution is -2.41. The predicted octanol–water partition coefficient (Wildman–Crippen LogP) is 2.35. The lowest BCUT2D eigenvalue weighted by Gasteiger charge is -2.30.